The number of alkyl halides is 3. The van der Waals surface area contributed by atoms with Gasteiger partial charge in [0.15, 0.2) is 5.69 Å². The van der Waals surface area contributed by atoms with E-state index < -0.39 is 32.9 Å². The number of aryl methyl sites for hydroxylation is 1. The fourth-order valence-corrected chi connectivity index (χ4v) is 3.08. The maximum atomic E-state index is 13.8. The molecular weight excluding hydrogens is 466 g/mol. The second-order valence-corrected chi connectivity index (χ2v) is 8.29. The van der Waals surface area contributed by atoms with Crippen LogP contribution in [0.3, 0.4) is 0 Å². The number of rotatable bonds is 5. The van der Waals surface area contributed by atoms with Gasteiger partial charge in [-0.2, -0.15) is 21.6 Å². The molecule has 0 aliphatic heterocycles. The average Bonchev–Trinajstić information content (AvgIpc) is 3.16. The predicted octanol–water partition coefficient (Wildman–Crippen LogP) is 3.88. The lowest BCUT2D eigenvalue weighted by molar-refractivity contribution is -0.0429. The van der Waals surface area contributed by atoms with E-state index in [0.717, 1.165) is 39.4 Å². The van der Waals surface area contributed by atoms with Crippen molar-refractivity contribution in [2.24, 2.45) is 0 Å². The first-order chi connectivity index (χ1) is 14.4. The molecule has 1 aromatic heterocycles. The van der Waals surface area contributed by atoms with E-state index in [-0.39, 0.29) is 11.4 Å². The number of amides is 1. The van der Waals surface area contributed by atoms with Gasteiger partial charge in [-0.3, -0.25) is 9.52 Å². The second-order valence-electron chi connectivity index (χ2n) is 6.18. The fraction of sp³-hybridized carbons (Fsp3) is 0.118. The molecule has 0 aliphatic rings. The Labute approximate surface area is 177 Å². The third-order valence-corrected chi connectivity index (χ3v) is 5.27. The van der Waals surface area contributed by atoms with Crippen molar-refractivity contribution >= 4 is 38.9 Å². The Balaban J connectivity index is 1.85. The third kappa shape index (κ3) is 4.94. The van der Waals surface area contributed by atoms with Crippen LogP contribution in [0.25, 0.3) is 5.69 Å². The molecule has 2 N–H and O–H groups in total. The largest absolute Gasteiger partial charge is 0.516 e. The van der Waals surface area contributed by atoms with Gasteiger partial charge in [0, 0.05) is 10.7 Å². The highest BCUT2D eigenvalue weighted by atomic mass is 35.5. The van der Waals surface area contributed by atoms with Gasteiger partial charge in [0.1, 0.15) is 5.82 Å². The number of nitrogens with one attached hydrogen (secondary N) is 2. The molecule has 0 atom stereocenters. The molecule has 0 spiro atoms. The lowest BCUT2D eigenvalue weighted by atomic mass is 10.2. The SMILES string of the molecule is Cc1ccc(Cl)cc1NC(=O)c1cn(-c2ccc(F)c(NS(=O)(=O)C(F)(F)F)c2)nn1. The van der Waals surface area contributed by atoms with Gasteiger partial charge in [-0.25, -0.2) is 9.07 Å². The summed E-state index contributed by atoms with van der Waals surface area (Å²) in [6.45, 7) is 1.74. The first-order valence-corrected chi connectivity index (χ1v) is 10.1. The summed E-state index contributed by atoms with van der Waals surface area (Å²) in [5, 5.41) is 10.3. The molecule has 1 heterocycles. The van der Waals surface area contributed by atoms with E-state index in [1.54, 1.807) is 19.1 Å². The van der Waals surface area contributed by atoms with Crippen LogP contribution in [-0.2, 0) is 10.0 Å². The molecular formula is C17H12ClF4N5O3S. The Morgan fingerprint density at radius 2 is 1.84 bits per heavy atom. The molecule has 0 saturated heterocycles. The quantitative estimate of drug-likeness (QED) is 0.542. The summed E-state index contributed by atoms with van der Waals surface area (Å²) in [5.74, 6) is -1.90. The number of sulfonamides is 1. The summed E-state index contributed by atoms with van der Waals surface area (Å²) in [5.41, 5.74) is -5.64. The molecule has 0 radical (unpaired) electrons. The molecule has 0 fully saturated rings. The van der Waals surface area contributed by atoms with Crippen molar-refractivity contribution < 1.29 is 30.8 Å². The number of hydrogen-bond donors (Lipinski definition) is 2. The van der Waals surface area contributed by atoms with Gasteiger partial charge in [0.25, 0.3) is 5.91 Å². The first kappa shape index (κ1) is 22.5. The Kier molecular flexibility index (Phi) is 5.91. The zero-order chi connectivity index (χ0) is 23.0. The van der Waals surface area contributed by atoms with E-state index in [4.69, 9.17) is 11.6 Å². The number of hydrogen-bond acceptors (Lipinski definition) is 5. The summed E-state index contributed by atoms with van der Waals surface area (Å²) >= 11 is 5.90. The van der Waals surface area contributed by atoms with Crippen LogP contribution in [0, 0.1) is 12.7 Å². The lowest BCUT2D eigenvalue weighted by Gasteiger charge is -2.12. The van der Waals surface area contributed by atoms with E-state index in [9.17, 15) is 30.8 Å². The van der Waals surface area contributed by atoms with Crippen molar-refractivity contribution in [3.8, 4) is 5.69 Å². The Hall–Kier alpha value is -3.19. The smallest absolute Gasteiger partial charge is 0.320 e. The van der Waals surface area contributed by atoms with E-state index in [1.165, 1.54) is 6.07 Å². The Morgan fingerprint density at radius 1 is 1.13 bits per heavy atom. The monoisotopic (exact) mass is 477 g/mol. The Bertz CT molecular complexity index is 1260. The van der Waals surface area contributed by atoms with E-state index in [0.29, 0.717) is 10.7 Å². The number of halogens is 5. The third-order valence-electron chi connectivity index (χ3n) is 3.94. The summed E-state index contributed by atoms with van der Waals surface area (Å²) in [4.78, 5) is 12.4. The summed E-state index contributed by atoms with van der Waals surface area (Å²) < 4.78 is 76.0. The molecule has 3 rings (SSSR count). The van der Waals surface area contributed by atoms with Crippen LogP contribution in [0.5, 0.6) is 0 Å². The summed E-state index contributed by atoms with van der Waals surface area (Å²) in [6, 6.07) is 7.48. The minimum absolute atomic E-state index is 0.0493. The standard InChI is InChI=1S/C17H12ClF4N5O3S/c1-9-2-3-10(18)6-13(9)23-16(28)15-8-27(26-24-15)11-4-5-12(19)14(7-11)25-31(29,30)17(20,21)22/h2-8,25H,1H3,(H,23,28). The van der Waals surface area contributed by atoms with Gasteiger partial charge in [0.2, 0.25) is 0 Å². The van der Waals surface area contributed by atoms with Crippen molar-refractivity contribution in [1.82, 2.24) is 15.0 Å². The first-order valence-electron chi connectivity index (χ1n) is 8.26. The molecule has 0 bridgehead atoms. The van der Waals surface area contributed by atoms with Crippen LogP contribution in [-0.4, -0.2) is 34.8 Å². The van der Waals surface area contributed by atoms with Crippen molar-refractivity contribution in [1.29, 1.82) is 0 Å². The molecule has 14 heteroatoms. The van der Waals surface area contributed by atoms with Crippen LogP contribution in [0.2, 0.25) is 5.02 Å². The normalized spacial score (nSPS) is 11.9. The minimum Gasteiger partial charge on any atom is -0.320 e. The number of benzene rings is 2. The van der Waals surface area contributed by atoms with E-state index in [2.05, 4.69) is 15.6 Å². The average molecular weight is 478 g/mol. The number of carbonyl (C=O) groups excluding carboxylic acids is 1. The molecule has 0 unspecified atom stereocenters. The molecule has 164 valence electrons. The van der Waals surface area contributed by atoms with Gasteiger partial charge in [-0.1, -0.05) is 22.9 Å². The summed E-state index contributed by atoms with van der Waals surface area (Å²) in [7, 11) is -5.83. The van der Waals surface area contributed by atoms with Crippen LogP contribution in [0.15, 0.2) is 42.6 Å². The van der Waals surface area contributed by atoms with Gasteiger partial charge >= 0.3 is 15.5 Å². The molecule has 2 aromatic carbocycles. The van der Waals surface area contributed by atoms with E-state index in [1.807, 2.05) is 0 Å². The highest BCUT2D eigenvalue weighted by molar-refractivity contribution is 7.93. The molecule has 0 aliphatic carbocycles. The van der Waals surface area contributed by atoms with Crippen LogP contribution >= 0.6 is 11.6 Å². The van der Waals surface area contributed by atoms with Crippen LogP contribution in [0.4, 0.5) is 28.9 Å². The number of aromatic nitrogens is 3. The van der Waals surface area contributed by atoms with Gasteiger partial charge in [-0.15, -0.1) is 5.10 Å². The highest BCUT2D eigenvalue weighted by Gasteiger charge is 2.46. The van der Waals surface area contributed by atoms with Crippen LogP contribution < -0.4 is 10.0 Å². The summed E-state index contributed by atoms with van der Waals surface area (Å²) in [6.07, 6.45) is 1.13. The topological polar surface area (TPSA) is 106 Å². The van der Waals surface area contributed by atoms with Crippen LogP contribution in [0.1, 0.15) is 16.1 Å². The molecule has 0 saturated carbocycles. The van der Waals surface area contributed by atoms with Crippen molar-refractivity contribution in [3.63, 3.8) is 0 Å². The highest BCUT2D eigenvalue weighted by Crippen LogP contribution is 2.28. The van der Waals surface area contributed by atoms with Crippen molar-refractivity contribution in [3.05, 3.63) is 64.7 Å². The number of carbonyl (C=O) groups is 1. The second kappa shape index (κ2) is 8.15. The zero-order valence-corrected chi connectivity index (χ0v) is 17.0. The molecule has 1 amide bonds. The minimum atomic E-state index is -5.83. The molecule has 3 aromatic rings. The number of anilines is 2. The zero-order valence-electron chi connectivity index (χ0n) is 15.4. The fourth-order valence-electron chi connectivity index (χ4n) is 2.35. The van der Waals surface area contributed by atoms with Crippen molar-refractivity contribution in [2.45, 2.75) is 12.4 Å². The molecule has 31 heavy (non-hydrogen) atoms. The van der Waals surface area contributed by atoms with Crippen molar-refractivity contribution in [2.75, 3.05) is 10.0 Å². The molecule has 8 nitrogen and oxygen atoms in total. The predicted molar refractivity (Wildman–Crippen MR) is 104 cm³/mol. The van der Waals surface area contributed by atoms with Gasteiger partial charge in [0.05, 0.1) is 17.6 Å². The number of nitrogens with zero attached hydrogens (tertiary/aromatic N) is 3. The van der Waals surface area contributed by atoms with Gasteiger partial charge < -0.3 is 5.32 Å². The van der Waals surface area contributed by atoms with Gasteiger partial charge in [-0.05, 0) is 42.8 Å². The maximum absolute atomic E-state index is 13.8. The van der Waals surface area contributed by atoms with E-state index >= 15 is 0 Å². The maximum Gasteiger partial charge on any atom is 0.516 e. The Morgan fingerprint density at radius 3 is 2.52 bits per heavy atom. The lowest BCUT2D eigenvalue weighted by Crippen LogP contribution is -2.30.